The van der Waals surface area contributed by atoms with Crippen LogP contribution in [0.5, 0.6) is 5.75 Å². The van der Waals surface area contributed by atoms with Crippen LogP contribution in [0, 0.1) is 25.7 Å². The molecule has 0 amide bonds. The zero-order valence-corrected chi connectivity index (χ0v) is 11.0. The molecule has 0 saturated carbocycles. The van der Waals surface area contributed by atoms with Gasteiger partial charge in [0.15, 0.2) is 0 Å². The van der Waals surface area contributed by atoms with Crippen molar-refractivity contribution in [2.45, 2.75) is 20.0 Å². The summed E-state index contributed by atoms with van der Waals surface area (Å²) < 4.78 is 0. The molecule has 2 rings (SSSR count). The Morgan fingerprint density at radius 2 is 1.74 bits per heavy atom. The summed E-state index contributed by atoms with van der Waals surface area (Å²) in [7, 11) is 0. The number of phenols is 1. The first-order valence-corrected chi connectivity index (χ1v) is 6.12. The lowest BCUT2D eigenvalue weighted by Gasteiger charge is -2.10. The topological polar surface area (TPSA) is 40.5 Å². The first-order valence-electron chi connectivity index (χ1n) is 6.12. The van der Waals surface area contributed by atoms with Crippen LogP contribution in [0.15, 0.2) is 42.5 Å². The third-order valence-electron chi connectivity index (χ3n) is 2.90. The lowest BCUT2D eigenvalue weighted by molar-refractivity contribution is 0.233. The molecular weight excluding hydrogens is 236 g/mol. The molecule has 2 heteroatoms. The van der Waals surface area contributed by atoms with Crippen molar-refractivity contribution in [2.75, 3.05) is 0 Å². The van der Waals surface area contributed by atoms with E-state index in [4.69, 9.17) is 0 Å². The molecule has 2 aromatic carbocycles. The number of aliphatic hydroxyl groups excluding tert-OH is 1. The van der Waals surface area contributed by atoms with Gasteiger partial charge >= 0.3 is 0 Å². The fourth-order valence-electron chi connectivity index (χ4n) is 1.95. The second kappa shape index (κ2) is 5.60. The van der Waals surface area contributed by atoms with Crippen LogP contribution in [0.25, 0.3) is 0 Å². The van der Waals surface area contributed by atoms with Crippen LogP contribution in [-0.4, -0.2) is 10.2 Å². The van der Waals surface area contributed by atoms with Crippen molar-refractivity contribution in [1.29, 1.82) is 0 Å². The predicted molar refractivity (Wildman–Crippen MR) is 75.9 cm³/mol. The Kier molecular flexibility index (Phi) is 3.89. The molecule has 0 aromatic heterocycles. The van der Waals surface area contributed by atoms with E-state index in [-0.39, 0.29) is 5.75 Å². The van der Waals surface area contributed by atoms with Crippen LogP contribution >= 0.6 is 0 Å². The monoisotopic (exact) mass is 252 g/mol. The Hall–Kier alpha value is -2.24. The lowest BCUT2D eigenvalue weighted by atomic mass is 10.0. The third kappa shape index (κ3) is 3.15. The molecular formula is C17H16O2. The van der Waals surface area contributed by atoms with Gasteiger partial charge in [0, 0.05) is 11.1 Å². The van der Waals surface area contributed by atoms with Gasteiger partial charge in [-0.25, -0.2) is 0 Å². The fraction of sp³-hybridized carbons (Fsp3) is 0.176. The summed E-state index contributed by atoms with van der Waals surface area (Å²) in [6.07, 6.45) is -0.987. The zero-order chi connectivity index (χ0) is 13.8. The molecule has 0 saturated heterocycles. The van der Waals surface area contributed by atoms with Gasteiger partial charge in [0.2, 0.25) is 0 Å². The van der Waals surface area contributed by atoms with E-state index < -0.39 is 6.10 Å². The molecule has 2 aromatic rings. The second-order valence-electron chi connectivity index (χ2n) is 4.56. The molecule has 0 aliphatic heterocycles. The largest absolute Gasteiger partial charge is 0.507 e. The molecule has 1 unspecified atom stereocenters. The normalized spacial score (nSPS) is 11.5. The number of aryl methyl sites for hydroxylation is 2. The highest BCUT2D eigenvalue weighted by Gasteiger charge is 2.12. The summed E-state index contributed by atoms with van der Waals surface area (Å²) in [6, 6.07) is 13.1. The van der Waals surface area contributed by atoms with Crippen molar-refractivity contribution in [3.63, 3.8) is 0 Å². The number of hydrogen-bond acceptors (Lipinski definition) is 2. The number of aliphatic hydroxyl groups is 1. The van der Waals surface area contributed by atoms with E-state index in [9.17, 15) is 10.2 Å². The van der Waals surface area contributed by atoms with Crippen LogP contribution in [0.4, 0.5) is 0 Å². The maximum Gasteiger partial charge on any atom is 0.144 e. The Balaban J connectivity index is 2.31. The number of aromatic hydroxyl groups is 1. The van der Waals surface area contributed by atoms with Crippen LogP contribution in [0.1, 0.15) is 28.4 Å². The van der Waals surface area contributed by atoms with E-state index >= 15 is 0 Å². The number of benzene rings is 2. The molecule has 0 heterocycles. The summed E-state index contributed by atoms with van der Waals surface area (Å²) in [5, 5.41) is 20.0. The maximum absolute atomic E-state index is 10.1. The minimum absolute atomic E-state index is 0.112. The lowest BCUT2D eigenvalue weighted by Crippen LogP contribution is -1.97. The standard InChI is InChI=1S/C17H16O2/c1-12-10-13(2)17(19)15(11-12)16(18)9-8-14-6-4-3-5-7-14/h3-7,10-11,16,18-19H,1-2H3. The molecule has 1 atom stereocenters. The van der Waals surface area contributed by atoms with Gasteiger partial charge in [0.1, 0.15) is 11.9 Å². The first-order chi connectivity index (χ1) is 9.08. The number of phenolic OH excluding ortho intramolecular Hbond substituents is 1. The molecule has 96 valence electrons. The Morgan fingerprint density at radius 1 is 1.05 bits per heavy atom. The van der Waals surface area contributed by atoms with Gasteiger partial charge in [-0.1, -0.05) is 41.7 Å². The number of hydrogen-bond donors (Lipinski definition) is 2. The van der Waals surface area contributed by atoms with Gasteiger partial charge < -0.3 is 10.2 Å². The van der Waals surface area contributed by atoms with Gasteiger partial charge in [0.25, 0.3) is 0 Å². The summed E-state index contributed by atoms with van der Waals surface area (Å²) in [5.41, 5.74) is 3.03. The van der Waals surface area contributed by atoms with Crippen LogP contribution in [0.2, 0.25) is 0 Å². The number of rotatable bonds is 1. The van der Waals surface area contributed by atoms with Gasteiger partial charge in [-0.2, -0.15) is 0 Å². The van der Waals surface area contributed by atoms with E-state index in [1.165, 1.54) is 0 Å². The summed E-state index contributed by atoms with van der Waals surface area (Å²) in [4.78, 5) is 0. The van der Waals surface area contributed by atoms with E-state index in [2.05, 4.69) is 11.8 Å². The van der Waals surface area contributed by atoms with E-state index in [0.29, 0.717) is 5.56 Å². The Labute approximate surface area is 113 Å². The molecule has 0 fully saturated rings. The molecule has 2 N–H and O–H groups in total. The van der Waals surface area contributed by atoms with E-state index in [1.54, 1.807) is 6.07 Å². The average Bonchev–Trinajstić information content (AvgIpc) is 2.41. The molecule has 2 nitrogen and oxygen atoms in total. The molecule has 0 radical (unpaired) electrons. The zero-order valence-electron chi connectivity index (χ0n) is 11.0. The quantitative estimate of drug-likeness (QED) is 0.766. The highest BCUT2D eigenvalue weighted by Crippen LogP contribution is 2.28. The van der Waals surface area contributed by atoms with E-state index in [0.717, 1.165) is 16.7 Å². The second-order valence-corrected chi connectivity index (χ2v) is 4.56. The Bertz CT molecular complexity index is 634. The highest BCUT2D eigenvalue weighted by atomic mass is 16.3. The van der Waals surface area contributed by atoms with Gasteiger partial charge in [-0.05, 0) is 37.6 Å². The van der Waals surface area contributed by atoms with Crippen molar-refractivity contribution in [2.24, 2.45) is 0 Å². The average molecular weight is 252 g/mol. The van der Waals surface area contributed by atoms with Crippen molar-refractivity contribution in [3.8, 4) is 17.6 Å². The van der Waals surface area contributed by atoms with Gasteiger partial charge in [0.05, 0.1) is 0 Å². The van der Waals surface area contributed by atoms with Crippen LogP contribution < -0.4 is 0 Å². The van der Waals surface area contributed by atoms with Crippen molar-refractivity contribution in [1.82, 2.24) is 0 Å². The molecule has 0 aliphatic carbocycles. The molecule has 0 spiro atoms. The van der Waals surface area contributed by atoms with Crippen molar-refractivity contribution in [3.05, 3.63) is 64.7 Å². The predicted octanol–water partition coefficient (Wildman–Crippen LogP) is 3.09. The van der Waals surface area contributed by atoms with Crippen LogP contribution in [0.3, 0.4) is 0 Å². The summed E-state index contributed by atoms with van der Waals surface area (Å²) >= 11 is 0. The van der Waals surface area contributed by atoms with Crippen molar-refractivity contribution >= 4 is 0 Å². The first kappa shape index (κ1) is 13.2. The fourth-order valence-corrected chi connectivity index (χ4v) is 1.95. The maximum atomic E-state index is 10.1. The van der Waals surface area contributed by atoms with Crippen LogP contribution in [-0.2, 0) is 0 Å². The minimum Gasteiger partial charge on any atom is -0.507 e. The van der Waals surface area contributed by atoms with Crippen molar-refractivity contribution < 1.29 is 10.2 Å². The SMILES string of the molecule is Cc1cc(C)c(O)c(C(O)C#Cc2ccccc2)c1. The minimum atomic E-state index is -0.987. The van der Waals surface area contributed by atoms with E-state index in [1.807, 2.05) is 50.2 Å². The smallest absolute Gasteiger partial charge is 0.144 e. The van der Waals surface area contributed by atoms with Gasteiger partial charge in [-0.15, -0.1) is 0 Å². The Morgan fingerprint density at radius 3 is 2.42 bits per heavy atom. The summed E-state index contributed by atoms with van der Waals surface area (Å²) in [5.74, 6) is 5.77. The summed E-state index contributed by atoms with van der Waals surface area (Å²) in [6.45, 7) is 3.73. The van der Waals surface area contributed by atoms with Gasteiger partial charge in [-0.3, -0.25) is 0 Å². The molecule has 0 bridgehead atoms. The molecule has 0 aliphatic rings. The highest BCUT2D eigenvalue weighted by molar-refractivity contribution is 5.47. The third-order valence-corrected chi connectivity index (χ3v) is 2.90. The molecule has 19 heavy (non-hydrogen) atoms.